The van der Waals surface area contributed by atoms with E-state index >= 15 is 0 Å². The van der Waals surface area contributed by atoms with Crippen LogP contribution in [0.2, 0.25) is 0 Å². The van der Waals surface area contributed by atoms with Gasteiger partial charge in [0, 0.05) is 12.1 Å². The average Bonchev–Trinajstić information content (AvgIpc) is 2.34. The van der Waals surface area contributed by atoms with Crippen LogP contribution in [0.25, 0.3) is 0 Å². The van der Waals surface area contributed by atoms with Gasteiger partial charge in [-0.05, 0) is 32.1 Å². The molecule has 3 heteroatoms. The van der Waals surface area contributed by atoms with Gasteiger partial charge in [-0.1, -0.05) is 43.7 Å². The summed E-state index contributed by atoms with van der Waals surface area (Å²) < 4.78 is 0. The second kappa shape index (κ2) is 7.00. The second-order valence-corrected chi connectivity index (χ2v) is 5.60. The van der Waals surface area contributed by atoms with Gasteiger partial charge in [-0.25, -0.2) is 0 Å². The molecule has 1 atom stereocenters. The molecule has 0 unspecified atom stereocenters. The normalized spacial score (nSPS) is 31.1. The van der Waals surface area contributed by atoms with Gasteiger partial charge < -0.3 is 10.5 Å². The Bertz CT molecular complexity index is 247. The Morgan fingerprint density at radius 1 is 0.882 bits per heavy atom. The molecule has 17 heavy (non-hydrogen) atoms. The number of hydrogen-bond acceptors (Lipinski definition) is 3. The van der Waals surface area contributed by atoms with Gasteiger partial charge in [0.1, 0.15) is 0 Å². The Labute approximate surface area is 105 Å². The van der Waals surface area contributed by atoms with E-state index in [1.165, 1.54) is 57.8 Å². The highest BCUT2D eigenvalue weighted by atomic mass is 16.4. The fourth-order valence-corrected chi connectivity index (χ4v) is 3.20. The standard InChI is InChI=1S/C14H26N2O/c17-16-14-11-7-2-1-6-10-13(14)15-12-8-4-3-5-9-12/h12-13,15,17H,1-11H2/b16-14+/t13-/m1/s1. The van der Waals surface area contributed by atoms with Gasteiger partial charge >= 0.3 is 0 Å². The topological polar surface area (TPSA) is 44.6 Å². The van der Waals surface area contributed by atoms with Gasteiger partial charge in [0.15, 0.2) is 0 Å². The molecule has 98 valence electrons. The Kier molecular flexibility index (Phi) is 5.30. The first kappa shape index (κ1) is 12.9. The number of hydrogen-bond donors (Lipinski definition) is 2. The molecule has 2 saturated carbocycles. The third kappa shape index (κ3) is 3.98. The van der Waals surface area contributed by atoms with Crippen molar-refractivity contribution in [2.75, 3.05) is 0 Å². The fourth-order valence-electron chi connectivity index (χ4n) is 3.20. The molecule has 3 nitrogen and oxygen atoms in total. The van der Waals surface area contributed by atoms with E-state index in [9.17, 15) is 0 Å². The van der Waals surface area contributed by atoms with Gasteiger partial charge in [-0.2, -0.15) is 0 Å². The lowest BCUT2D eigenvalue weighted by Crippen LogP contribution is -2.44. The van der Waals surface area contributed by atoms with E-state index in [4.69, 9.17) is 5.21 Å². The predicted octanol–water partition coefficient (Wildman–Crippen LogP) is 3.46. The van der Waals surface area contributed by atoms with Gasteiger partial charge in [-0.15, -0.1) is 0 Å². The van der Waals surface area contributed by atoms with Crippen LogP contribution in [0.4, 0.5) is 0 Å². The number of nitrogens with zero attached hydrogens (tertiary/aromatic N) is 1. The molecule has 0 aromatic heterocycles. The molecule has 0 aromatic rings. The van der Waals surface area contributed by atoms with E-state index < -0.39 is 0 Å². The third-order valence-electron chi connectivity index (χ3n) is 4.25. The SMILES string of the molecule is O/N=C1\CCCCCC[C@H]1NC1CCCCC1. The first-order valence-electron chi connectivity index (χ1n) is 7.37. The smallest absolute Gasteiger partial charge is 0.0739 e. The molecule has 0 saturated heterocycles. The van der Waals surface area contributed by atoms with Crippen LogP contribution in [0, 0.1) is 0 Å². The van der Waals surface area contributed by atoms with E-state index in [1.54, 1.807) is 0 Å². The number of rotatable bonds is 2. The molecule has 2 fully saturated rings. The molecule has 2 aliphatic carbocycles. The zero-order valence-electron chi connectivity index (χ0n) is 10.8. The lowest BCUT2D eigenvalue weighted by atomic mass is 9.91. The van der Waals surface area contributed by atoms with Gasteiger partial charge in [0.05, 0.1) is 5.71 Å². The summed E-state index contributed by atoms with van der Waals surface area (Å²) in [7, 11) is 0. The van der Waals surface area contributed by atoms with Crippen LogP contribution >= 0.6 is 0 Å². The van der Waals surface area contributed by atoms with Crippen molar-refractivity contribution in [1.82, 2.24) is 5.32 Å². The maximum absolute atomic E-state index is 9.16. The van der Waals surface area contributed by atoms with Crippen LogP contribution in [-0.2, 0) is 0 Å². The van der Waals surface area contributed by atoms with Crippen molar-refractivity contribution in [3.8, 4) is 0 Å². The molecular formula is C14H26N2O. The minimum atomic E-state index is 0.336. The summed E-state index contributed by atoms with van der Waals surface area (Å²) in [4.78, 5) is 0. The zero-order chi connectivity index (χ0) is 11.9. The highest BCUT2D eigenvalue weighted by molar-refractivity contribution is 5.89. The van der Waals surface area contributed by atoms with E-state index in [2.05, 4.69) is 10.5 Å². The van der Waals surface area contributed by atoms with E-state index in [0.29, 0.717) is 12.1 Å². The van der Waals surface area contributed by atoms with Crippen LogP contribution < -0.4 is 5.32 Å². The summed E-state index contributed by atoms with van der Waals surface area (Å²) in [6.07, 6.45) is 13.9. The van der Waals surface area contributed by atoms with Crippen molar-refractivity contribution in [3.63, 3.8) is 0 Å². The van der Waals surface area contributed by atoms with Crippen LogP contribution in [0.1, 0.15) is 70.6 Å². The van der Waals surface area contributed by atoms with Crippen molar-refractivity contribution < 1.29 is 5.21 Å². The maximum Gasteiger partial charge on any atom is 0.0739 e. The number of nitrogens with one attached hydrogen (secondary N) is 1. The molecule has 0 bridgehead atoms. The van der Waals surface area contributed by atoms with E-state index in [0.717, 1.165) is 18.6 Å². The largest absolute Gasteiger partial charge is 0.411 e. The summed E-state index contributed by atoms with van der Waals surface area (Å²) in [5, 5.41) is 16.4. The van der Waals surface area contributed by atoms with Gasteiger partial charge in [0.2, 0.25) is 0 Å². The predicted molar refractivity (Wildman–Crippen MR) is 70.7 cm³/mol. The molecule has 0 radical (unpaired) electrons. The molecule has 0 heterocycles. The van der Waals surface area contributed by atoms with Crippen LogP contribution in [0.3, 0.4) is 0 Å². The van der Waals surface area contributed by atoms with Crippen molar-refractivity contribution in [1.29, 1.82) is 0 Å². The molecule has 2 N–H and O–H groups in total. The molecule has 0 spiro atoms. The highest BCUT2D eigenvalue weighted by Crippen LogP contribution is 2.21. The second-order valence-electron chi connectivity index (χ2n) is 5.60. The summed E-state index contributed by atoms with van der Waals surface area (Å²) in [6, 6.07) is 0.994. The molecule has 2 rings (SSSR count). The van der Waals surface area contributed by atoms with Gasteiger partial charge in [0.25, 0.3) is 0 Å². The summed E-state index contributed by atoms with van der Waals surface area (Å²) in [5.41, 5.74) is 0.996. The van der Waals surface area contributed by atoms with Crippen LogP contribution in [0.5, 0.6) is 0 Å². The van der Waals surface area contributed by atoms with E-state index in [1.807, 2.05) is 0 Å². The van der Waals surface area contributed by atoms with Crippen molar-refractivity contribution in [3.05, 3.63) is 0 Å². The van der Waals surface area contributed by atoms with Crippen LogP contribution in [0.15, 0.2) is 5.16 Å². The quantitative estimate of drug-likeness (QED) is 0.571. The molecule has 0 aromatic carbocycles. The molecule has 0 aliphatic heterocycles. The maximum atomic E-state index is 9.16. The first-order valence-corrected chi connectivity index (χ1v) is 7.37. The molecular weight excluding hydrogens is 212 g/mol. The Morgan fingerprint density at radius 2 is 1.53 bits per heavy atom. The molecule has 2 aliphatic rings. The Morgan fingerprint density at radius 3 is 2.29 bits per heavy atom. The summed E-state index contributed by atoms with van der Waals surface area (Å²) in [5.74, 6) is 0. The van der Waals surface area contributed by atoms with Crippen LogP contribution in [-0.4, -0.2) is 23.0 Å². The van der Waals surface area contributed by atoms with Crippen molar-refractivity contribution in [2.45, 2.75) is 82.7 Å². The van der Waals surface area contributed by atoms with E-state index in [-0.39, 0.29) is 0 Å². The Balaban J connectivity index is 1.89. The lowest BCUT2D eigenvalue weighted by molar-refractivity contribution is 0.304. The highest BCUT2D eigenvalue weighted by Gasteiger charge is 2.22. The zero-order valence-corrected chi connectivity index (χ0v) is 10.8. The number of oxime groups is 1. The minimum Gasteiger partial charge on any atom is -0.411 e. The fraction of sp³-hybridized carbons (Fsp3) is 0.929. The summed E-state index contributed by atoms with van der Waals surface area (Å²) in [6.45, 7) is 0. The monoisotopic (exact) mass is 238 g/mol. The van der Waals surface area contributed by atoms with Crippen molar-refractivity contribution >= 4 is 5.71 Å². The van der Waals surface area contributed by atoms with Gasteiger partial charge in [-0.3, -0.25) is 0 Å². The lowest BCUT2D eigenvalue weighted by Gasteiger charge is -2.30. The first-order chi connectivity index (χ1) is 8.40. The third-order valence-corrected chi connectivity index (χ3v) is 4.25. The minimum absolute atomic E-state index is 0.336. The van der Waals surface area contributed by atoms with Crippen molar-refractivity contribution in [2.24, 2.45) is 5.16 Å². The average molecular weight is 238 g/mol. The molecule has 0 amide bonds. The Hall–Kier alpha value is -0.570. The summed E-state index contributed by atoms with van der Waals surface area (Å²) >= 11 is 0.